The Bertz CT molecular complexity index is 1710. The SMILES string of the molecule is O=C1NCCCCCCNC(=O)c2cccc3c2O[As]2(c4ccc(N=Nc5ccc(O)cc5)cc4)(Oc4cccc1c4O2)O3. The summed E-state index contributed by atoms with van der Waals surface area (Å²) in [7, 11) is 0. The summed E-state index contributed by atoms with van der Waals surface area (Å²) in [5.41, 5.74) is 1.70. The van der Waals surface area contributed by atoms with Crippen molar-refractivity contribution in [3.05, 3.63) is 96.1 Å². The number of aromatic hydroxyl groups is 1. The number of carbonyl (C=O) groups is 2. The minimum atomic E-state index is -5.56. The average Bonchev–Trinajstić information content (AvgIpc) is 3.56. The maximum absolute atomic E-state index is 13.3. The number of rotatable bonds is 3. The van der Waals surface area contributed by atoms with Crippen molar-refractivity contribution in [2.45, 2.75) is 25.7 Å². The molecule has 12 heteroatoms. The van der Waals surface area contributed by atoms with Gasteiger partial charge in [0.05, 0.1) is 0 Å². The van der Waals surface area contributed by atoms with Gasteiger partial charge < -0.3 is 0 Å². The van der Waals surface area contributed by atoms with Gasteiger partial charge in [-0.3, -0.25) is 0 Å². The molecule has 0 atom stereocenters. The molecule has 0 radical (unpaired) electrons. The van der Waals surface area contributed by atoms with Crippen LogP contribution in [0, 0.1) is 0 Å². The molecular formula is C32H29AsN4O7. The van der Waals surface area contributed by atoms with Gasteiger partial charge in [0.25, 0.3) is 0 Å². The number of para-hydroxylation sites is 2. The fraction of sp³-hybridized carbons (Fsp3) is 0.188. The van der Waals surface area contributed by atoms with E-state index in [-0.39, 0.29) is 29.1 Å². The molecule has 224 valence electrons. The van der Waals surface area contributed by atoms with Crippen LogP contribution >= 0.6 is 0 Å². The van der Waals surface area contributed by atoms with E-state index in [1.54, 1.807) is 72.8 Å². The molecule has 0 saturated heterocycles. The van der Waals surface area contributed by atoms with Gasteiger partial charge in [-0.05, 0) is 0 Å². The van der Waals surface area contributed by atoms with Gasteiger partial charge in [0.15, 0.2) is 0 Å². The van der Waals surface area contributed by atoms with Crippen molar-refractivity contribution in [1.29, 1.82) is 0 Å². The van der Waals surface area contributed by atoms with Crippen LogP contribution in [-0.2, 0) is 0 Å². The summed E-state index contributed by atoms with van der Waals surface area (Å²) in [5.74, 6) is 0.603. The van der Waals surface area contributed by atoms with Crippen LogP contribution in [0.2, 0.25) is 0 Å². The summed E-state index contributed by atoms with van der Waals surface area (Å²) in [6.07, 6.45) is 3.46. The first kappa shape index (κ1) is 27.8. The Morgan fingerprint density at radius 3 is 1.57 bits per heavy atom. The van der Waals surface area contributed by atoms with E-state index in [1.807, 2.05) is 0 Å². The Morgan fingerprint density at radius 1 is 0.591 bits per heavy atom. The van der Waals surface area contributed by atoms with Crippen LogP contribution in [0.1, 0.15) is 46.4 Å². The topological polar surface area (TPSA) is 140 Å². The summed E-state index contributed by atoms with van der Waals surface area (Å²) in [6, 6.07) is 23.5. The van der Waals surface area contributed by atoms with E-state index in [4.69, 9.17) is 14.9 Å². The zero-order chi connectivity index (χ0) is 30.2. The minimum absolute atomic E-state index is 0.138. The Labute approximate surface area is 254 Å². The molecule has 4 aromatic carbocycles. The first-order valence-electron chi connectivity index (χ1n) is 14.4. The number of amides is 2. The van der Waals surface area contributed by atoms with Crippen LogP contribution in [0.25, 0.3) is 0 Å². The van der Waals surface area contributed by atoms with Gasteiger partial charge in [-0.2, -0.15) is 0 Å². The van der Waals surface area contributed by atoms with Crippen LogP contribution in [-0.4, -0.2) is 43.8 Å². The molecule has 3 heterocycles. The van der Waals surface area contributed by atoms with Gasteiger partial charge >= 0.3 is 255 Å². The third-order valence-corrected chi connectivity index (χ3v) is 14.2. The molecule has 0 saturated carbocycles. The molecule has 3 aliphatic heterocycles. The molecule has 1 spiro atoms. The molecule has 4 aromatic rings. The van der Waals surface area contributed by atoms with Crippen LogP contribution in [0.15, 0.2) is 95.2 Å². The monoisotopic (exact) mass is 656 g/mol. The Balaban J connectivity index is 1.32. The van der Waals surface area contributed by atoms with Crippen molar-refractivity contribution in [1.82, 2.24) is 10.6 Å². The molecule has 0 fully saturated rings. The van der Waals surface area contributed by atoms with E-state index in [0.717, 1.165) is 25.7 Å². The van der Waals surface area contributed by atoms with Crippen LogP contribution in [0.5, 0.6) is 28.7 Å². The van der Waals surface area contributed by atoms with Gasteiger partial charge in [0, 0.05) is 0 Å². The molecule has 0 aliphatic carbocycles. The molecule has 7 rings (SSSR count). The van der Waals surface area contributed by atoms with E-state index < -0.39 is 13.8 Å². The van der Waals surface area contributed by atoms with Gasteiger partial charge in [-0.1, -0.05) is 0 Å². The van der Waals surface area contributed by atoms with Gasteiger partial charge in [0.2, 0.25) is 0 Å². The van der Waals surface area contributed by atoms with Gasteiger partial charge in [0.1, 0.15) is 0 Å². The predicted octanol–water partition coefficient (Wildman–Crippen LogP) is 5.38. The Hall–Kier alpha value is -5.02. The number of nitrogens with one attached hydrogen (secondary N) is 2. The van der Waals surface area contributed by atoms with Crippen LogP contribution in [0.3, 0.4) is 0 Å². The number of carbonyl (C=O) groups excluding carboxylic acids is 2. The maximum atomic E-state index is 13.3. The zero-order valence-corrected chi connectivity index (χ0v) is 25.4. The second kappa shape index (κ2) is 10.9. The number of benzene rings is 4. The standard InChI is InChI=1S/C32H29AsN4O7/c38-24-17-15-23(16-18-24)37-36-22-13-11-21(12-14-22)33-41-27-9-5-7-25(29(27)43-33)31(39)34-19-3-1-2-4-20-35-32(40)26-8-6-10-28(42-33)30(26)44-33/h5-18,38H,1-4,19-20H2,(H,34,39)(H,35,40). The fourth-order valence-corrected chi connectivity index (χ4v) is 12.1. The summed E-state index contributed by atoms with van der Waals surface area (Å²) in [5, 5.41) is 24.0. The average molecular weight is 657 g/mol. The fourth-order valence-electron chi connectivity index (χ4n) is 5.29. The first-order valence-corrected chi connectivity index (χ1v) is 18.4. The Kier molecular flexibility index (Phi) is 6.89. The Morgan fingerprint density at radius 2 is 1.07 bits per heavy atom. The van der Waals surface area contributed by atoms with Crippen molar-refractivity contribution < 1.29 is 29.6 Å². The molecular weight excluding hydrogens is 627 g/mol. The van der Waals surface area contributed by atoms with Crippen molar-refractivity contribution in [3.63, 3.8) is 0 Å². The number of azo groups is 1. The van der Waals surface area contributed by atoms with Crippen molar-refractivity contribution >= 4 is 41.4 Å². The number of phenolic OH excluding ortho intramolecular Hbond substituents is 1. The number of hydrogen-bond acceptors (Lipinski definition) is 9. The molecule has 11 nitrogen and oxygen atoms in total. The summed E-state index contributed by atoms with van der Waals surface area (Å²) < 4.78 is 27.1. The van der Waals surface area contributed by atoms with Crippen molar-refractivity contribution in [2.75, 3.05) is 13.1 Å². The summed E-state index contributed by atoms with van der Waals surface area (Å²) in [6.45, 7) is 1.01. The van der Waals surface area contributed by atoms with Crippen LogP contribution < -0.4 is 29.9 Å². The van der Waals surface area contributed by atoms with E-state index in [9.17, 15) is 14.7 Å². The second-order valence-electron chi connectivity index (χ2n) is 10.6. The second-order valence-corrected chi connectivity index (χ2v) is 16.6. The zero-order valence-electron chi connectivity index (χ0n) is 23.6. The molecule has 0 unspecified atom stereocenters. The first-order chi connectivity index (χ1) is 21.4. The van der Waals surface area contributed by atoms with Crippen molar-refractivity contribution in [2.24, 2.45) is 10.2 Å². The molecule has 3 N–H and O–H groups in total. The van der Waals surface area contributed by atoms with Crippen LogP contribution in [0.4, 0.5) is 11.4 Å². The summed E-state index contributed by atoms with van der Waals surface area (Å²) in [4.78, 5) is 26.6. The molecule has 2 amide bonds. The third-order valence-electron chi connectivity index (χ3n) is 7.53. The number of phenols is 1. The quantitative estimate of drug-likeness (QED) is 0.199. The van der Waals surface area contributed by atoms with E-state index in [1.165, 1.54) is 12.1 Å². The van der Waals surface area contributed by atoms with E-state index in [0.29, 0.717) is 51.4 Å². The molecule has 3 aliphatic rings. The molecule has 44 heavy (non-hydrogen) atoms. The third kappa shape index (κ3) is 4.89. The normalized spacial score (nSPS) is 19.1. The molecule has 3 bridgehead atoms. The number of nitrogens with zero attached hydrogens (tertiary/aromatic N) is 2. The summed E-state index contributed by atoms with van der Waals surface area (Å²) >= 11 is -5.56. The predicted molar refractivity (Wildman–Crippen MR) is 163 cm³/mol. The van der Waals surface area contributed by atoms with Gasteiger partial charge in [-0.15, -0.1) is 0 Å². The van der Waals surface area contributed by atoms with Crippen molar-refractivity contribution in [3.8, 4) is 28.7 Å². The molecule has 0 aromatic heterocycles. The van der Waals surface area contributed by atoms with Gasteiger partial charge in [-0.25, -0.2) is 0 Å². The van der Waals surface area contributed by atoms with E-state index >= 15 is 0 Å². The van der Waals surface area contributed by atoms with E-state index in [2.05, 4.69) is 20.9 Å². The number of hydrogen-bond donors (Lipinski definition) is 3.